The van der Waals surface area contributed by atoms with Gasteiger partial charge in [0.25, 0.3) is 10.0 Å². The van der Waals surface area contributed by atoms with Crippen LogP contribution in [0, 0.1) is 0 Å². The van der Waals surface area contributed by atoms with Gasteiger partial charge in [0.1, 0.15) is 22.1 Å². The van der Waals surface area contributed by atoms with Gasteiger partial charge < -0.3 is 14.8 Å². The molecule has 2 heterocycles. The minimum Gasteiger partial charge on any atom is -0.497 e. The maximum atomic E-state index is 12.7. The minimum absolute atomic E-state index is 0.0468. The van der Waals surface area contributed by atoms with E-state index in [1.54, 1.807) is 61.8 Å². The fraction of sp³-hybridized carbons (Fsp3) is 0.100. The Balaban J connectivity index is 1.66. The molecule has 0 bridgehead atoms. The summed E-state index contributed by atoms with van der Waals surface area (Å²) in [6.45, 7) is 0.144. The summed E-state index contributed by atoms with van der Waals surface area (Å²) < 4.78 is 38.9. The van der Waals surface area contributed by atoms with Crippen LogP contribution in [0.1, 0.15) is 5.69 Å². The lowest BCUT2D eigenvalue weighted by molar-refractivity contribution is 0.413. The van der Waals surface area contributed by atoms with Gasteiger partial charge in [-0.3, -0.25) is 4.98 Å². The molecule has 0 saturated carbocycles. The van der Waals surface area contributed by atoms with E-state index in [1.807, 2.05) is 0 Å². The molecule has 0 unspecified atom stereocenters. The van der Waals surface area contributed by atoms with Gasteiger partial charge in [0, 0.05) is 12.3 Å². The van der Waals surface area contributed by atoms with Crippen molar-refractivity contribution in [1.82, 2.24) is 9.71 Å². The lowest BCUT2D eigenvalue weighted by Gasteiger charge is -2.23. The van der Waals surface area contributed by atoms with E-state index in [1.165, 1.54) is 6.07 Å². The molecule has 2 N–H and O–H groups in total. The van der Waals surface area contributed by atoms with Gasteiger partial charge in [-0.15, -0.1) is 0 Å². The first-order valence-corrected chi connectivity index (χ1v) is 10.7. The molecule has 0 atom stereocenters. The SMILES string of the molecule is COc1ccnc(CN=C2Nc3c(Oc4ccccc4Cl)cccc3S(=O)(=O)N2)c1. The number of anilines is 1. The summed E-state index contributed by atoms with van der Waals surface area (Å²) in [6.07, 6.45) is 1.59. The molecule has 0 saturated heterocycles. The number of pyridine rings is 1. The Kier molecular flexibility index (Phi) is 5.47. The maximum absolute atomic E-state index is 12.7. The average Bonchev–Trinajstić information content (AvgIpc) is 2.74. The van der Waals surface area contributed by atoms with Crippen LogP contribution in [-0.2, 0) is 16.6 Å². The molecule has 4 rings (SSSR count). The molecule has 1 aliphatic rings. The normalized spacial score (nSPS) is 15.6. The first kappa shape index (κ1) is 20.0. The molecule has 0 aliphatic carbocycles. The molecule has 0 amide bonds. The summed E-state index contributed by atoms with van der Waals surface area (Å²) in [5.41, 5.74) is 0.891. The van der Waals surface area contributed by atoms with Crippen molar-refractivity contribution >= 4 is 33.3 Å². The number of benzene rings is 2. The van der Waals surface area contributed by atoms with Crippen molar-refractivity contribution in [2.45, 2.75) is 11.4 Å². The number of nitrogens with one attached hydrogen (secondary N) is 2. The number of methoxy groups -OCH3 is 1. The molecular weight excluding hydrogens is 428 g/mol. The van der Waals surface area contributed by atoms with Crippen LogP contribution in [-0.4, -0.2) is 26.5 Å². The third-order valence-electron chi connectivity index (χ3n) is 4.23. The zero-order valence-corrected chi connectivity index (χ0v) is 17.4. The summed E-state index contributed by atoms with van der Waals surface area (Å²) in [6, 6.07) is 15.1. The second-order valence-electron chi connectivity index (χ2n) is 6.24. The van der Waals surface area contributed by atoms with Crippen LogP contribution >= 0.6 is 11.6 Å². The molecule has 0 fully saturated rings. The van der Waals surface area contributed by atoms with Crippen molar-refractivity contribution in [3.8, 4) is 17.2 Å². The summed E-state index contributed by atoms with van der Waals surface area (Å²) >= 11 is 6.17. The zero-order chi connectivity index (χ0) is 21.1. The number of rotatable bonds is 5. The third kappa shape index (κ3) is 4.17. The Morgan fingerprint density at radius 3 is 2.70 bits per heavy atom. The number of hydrogen-bond donors (Lipinski definition) is 2. The van der Waals surface area contributed by atoms with Crippen LogP contribution < -0.4 is 19.5 Å². The second kappa shape index (κ2) is 8.21. The maximum Gasteiger partial charge on any atom is 0.266 e. The van der Waals surface area contributed by atoms with Crippen molar-refractivity contribution in [1.29, 1.82) is 0 Å². The Bertz CT molecular complexity index is 1230. The zero-order valence-electron chi connectivity index (χ0n) is 15.8. The molecule has 3 aromatic rings. The fourth-order valence-electron chi connectivity index (χ4n) is 2.82. The Hall–Kier alpha value is -3.30. The smallest absolute Gasteiger partial charge is 0.266 e. The number of ether oxygens (including phenoxy) is 2. The van der Waals surface area contributed by atoms with E-state index in [-0.39, 0.29) is 23.1 Å². The molecule has 1 aliphatic heterocycles. The van der Waals surface area contributed by atoms with E-state index < -0.39 is 10.0 Å². The van der Waals surface area contributed by atoms with E-state index in [0.29, 0.717) is 28.0 Å². The average molecular weight is 445 g/mol. The molecule has 1 aromatic heterocycles. The van der Waals surface area contributed by atoms with Gasteiger partial charge in [-0.1, -0.05) is 29.8 Å². The molecule has 0 radical (unpaired) electrons. The lowest BCUT2D eigenvalue weighted by atomic mass is 10.2. The predicted molar refractivity (Wildman–Crippen MR) is 114 cm³/mol. The molecular formula is C20H17ClN4O4S. The molecule has 0 spiro atoms. The number of guanidine groups is 1. The summed E-state index contributed by atoms with van der Waals surface area (Å²) in [5, 5.41) is 3.40. The minimum atomic E-state index is -3.83. The standard InChI is InChI=1S/C20H17ClN4O4S/c1-28-14-9-10-22-13(11-14)12-23-20-24-19-17(29-16-6-3-2-5-15(16)21)7-4-8-18(19)30(26,27)25-20/h2-11H,12H2,1H3,(H2,23,24,25). The van der Waals surface area contributed by atoms with E-state index >= 15 is 0 Å². The quantitative estimate of drug-likeness (QED) is 0.620. The molecule has 10 heteroatoms. The van der Waals surface area contributed by atoms with Crippen LogP contribution in [0.2, 0.25) is 5.02 Å². The van der Waals surface area contributed by atoms with Gasteiger partial charge >= 0.3 is 0 Å². The first-order valence-electron chi connectivity index (χ1n) is 8.85. The Morgan fingerprint density at radius 2 is 1.90 bits per heavy atom. The second-order valence-corrected chi connectivity index (χ2v) is 8.30. The van der Waals surface area contributed by atoms with E-state index in [9.17, 15) is 8.42 Å². The molecule has 154 valence electrons. The van der Waals surface area contributed by atoms with Gasteiger partial charge in [-0.25, -0.2) is 18.1 Å². The third-order valence-corrected chi connectivity index (χ3v) is 5.92. The number of fused-ring (bicyclic) bond motifs is 1. The molecule has 2 aromatic carbocycles. The number of aromatic nitrogens is 1. The highest BCUT2D eigenvalue weighted by Crippen LogP contribution is 2.38. The number of hydrogen-bond acceptors (Lipinski definition) is 6. The van der Waals surface area contributed by atoms with E-state index in [2.05, 4.69) is 20.0 Å². The van der Waals surface area contributed by atoms with E-state index in [4.69, 9.17) is 21.1 Å². The van der Waals surface area contributed by atoms with Crippen molar-refractivity contribution in [2.75, 3.05) is 12.4 Å². The van der Waals surface area contributed by atoms with Crippen molar-refractivity contribution in [2.24, 2.45) is 4.99 Å². The number of nitrogens with zero attached hydrogens (tertiary/aromatic N) is 2. The largest absolute Gasteiger partial charge is 0.497 e. The van der Waals surface area contributed by atoms with Crippen LogP contribution in [0.4, 0.5) is 5.69 Å². The number of aliphatic imine (C=N–C) groups is 1. The number of para-hydroxylation sites is 2. The van der Waals surface area contributed by atoms with E-state index in [0.717, 1.165) is 0 Å². The fourth-order valence-corrected chi connectivity index (χ4v) is 4.15. The number of halogens is 1. The van der Waals surface area contributed by atoms with Gasteiger partial charge in [0.2, 0.25) is 5.96 Å². The Morgan fingerprint density at radius 1 is 1.10 bits per heavy atom. The van der Waals surface area contributed by atoms with Crippen LogP contribution in [0.3, 0.4) is 0 Å². The van der Waals surface area contributed by atoms with Gasteiger partial charge in [-0.2, -0.15) is 0 Å². The predicted octanol–water partition coefficient (Wildman–Crippen LogP) is 3.80. The van der Waals surface area contributed by atoms with Crippen molar-refractivity contribution in [3.05, 3.63) is 71.5 Å². The van der Waals surface area contributed by atoms with Crippen molar-refractivity contribution in [3.63, 3.8) is 0 Å². The highest BCUT2D eigenvalue weighted by atomic mass is 35.5. The van der Waals surface area contributed by atoms with Crippen LogP contribution in [0.15, 0.2) is 70.7 Å². The Labute approximate surface area is 178 Å². The lowest BCUT2D eigenvalue weighted by Crippen LogP contribution is -2.40. The number of sulfonamides is 1. The monoisotopic (exact) mass is 444 g/mol. The summed E-state index contributed by atoms with van der Waals surface area (Å²) in [7, 11) is -2.28. The summed E-state index contributed by atoms with van der Waals surface area (Å²) in [5.74, 6) is 1.41. The topological polar surface area (TPSA) is 102 Å². The summed E-state index contributed by atoms with van der Waals surface area (Å²) in [4.78, 5) is 8.56. The van der Waals surface area contributed by atoms with Gasteiger partial charge in [-0.05, 0) is 30.3 Å². The van der Waals surface area contributed by atoms with Gasteiger partial charge in [0.05, 0.1) is 24.4 Å². The van der Waals surface area contributed by atoms with Crippen LogP contribution in [0.25, 0.3) is 0 Å². The molecule has 8 nitrogen and oxygen atoms in total. The van der Waals surface area contributed by atoms with Gasteiger partial charge in [0.15, 0.2) is 5.75 Å². The van der Waals surface area contributed by atoms with Crippen molar-refractivity contribution < 1.29 is 17.9 Å². The first-order chi connectivity index (χ1) is 14.5. The highest BCUT2D eigenvalue weighted by molar-refractivity contribution is 7.90. The van der Waals surface area contributed by atoms with Crippen LogP contribution in [0.5, 0.6) is 17.2 Å². The highest BCUT2D eigenvalue weighted by Gasteiger charge is 2.29. The molecule has 30 heavy (non-hydrogen) atoms.